The summed E-state index contributed by atoms with van der Waals surface area (Å²) in [5, 5.41) is 23.3. The van der Waals surface area contributed by atoms with Crippen LogP contribution in [0.15, 0.2) is 36.5 Å². The fourth-order valence-electron chi connectivity index (χ4n) is 3.25. The first-order valence-electron chi connectivity index (χ1n) is 11.5. The molecule has 2 rings (SSSR count). The van der Waals surface area contributed by atoms with Gasteiger partial charge in [-0.05, 0) is 42.9 Å². The minimum absolute atomic E-state index is 0.221. The fourth-order valence-corrected chi connectivity index (χ4v) is 3.25. The highest BCUT2D eigenvalue weighted by Gasteiger charge is 2.34. The van der Waals surface area contributed by atoms with E-state index in [0.717, 1.165) is 22.9 Å². The Kier molecular flexibility index (Phi) is 12.2. The molecule has 9 nitrogen and oxygen atoms in total. The Labute approximate surface area is 201 Å². The zero-order chi connectivity index (χ0) is 25.7. The normalized spacial score (nSPS) is 12.7. The van der Waals surface area contributed by atoms with Gasteiger partial charge in [0.25, 0.3) is 0 Å². The standard InChI is InChI=1S/C22H30N4O4.C3H8O/c1-5-23-21(29)19(22(2,3)4)25-20(28)16(12-18(27)26-30)11-14-10-15-8-6-7-9-17(15)24-13-14;1-2-3-4/h6-10,13,16,19,30H,5,11-12H2,1-4H3,(H,23,29)(H,25,28)(H,26,27);4H,2-3H2,1H3. The summed E-state index contributed by atoms with van der Waals surface area (Å²) >= 11 is 0. The largest absolute Gasteiger partial charge is 0.396 e. The molecular weight excluding hydrogens is 436 g/mol. The third kappa shape index (κ3) is 9.44. The molecule has 2 aromatic rings. The summed E-state index contributed by atoms with van der Waals surface area (Å²) in [5.74, 6) is -2.16. The predicted octanol–water partition coefficient (Wildman–Crippen LogP) is 2.34. The molecule has 0 bridgehead atoms. The first-order chi connectivity index (χ1) is 16.1. The number of aliphatic hydroxyl groups is 1. The Balaban J connectivity index is 0.00000133. The monoisotopic (exact) mass is 474 g/mol. The second-order valence-corrected chi connectivity index (χ2v) is 9.10. The Morgan fingerprint density at radius 2 is 1.74 bits per heavy atom. The number of hydroxylamine groups is 1. The summed E-state index contributed by atoms with van der Waals surface area (Å²) in [6.07, 6.45) is 2.56. The van der Waals surface area contributed by atoms with E-state index < -0.39 is 29.2 Å². The highest BCUT2D eigenvalue weighted by Crippen LogP contribution is 2.22. The van der Waals surface area contributed by atoms with E-state index in [2.05, 4.69) is 15.6 Å². The van der Waals surface area contributed by atoms with Crippen molar-refractivity contribution in [1.82, 2.24) is 21.1 Å². The number of para-hydroxylation sites is 1. The second kappa shape index (κ2) is 14.3. The van der Waals surface area contributed by atoms with Gasteiger partial charge in [-0.15, -0.1) is 0 Å². The van der Waals surface area contributed by atoms with Crippen molar-refractivity contribution in [3.8, 4) is 0 Å². The van der Waals surface area contributed by atoms with E-state index in [9.17, 15) is 14.4 Å². The summed E-state index contributed by atoms with van der Waals surface area (Å²) in [6, 6.07) is 8.76. The molecule has 5 N–H and O–H groups in total. The third-order valence-electron chi connectivity index (χ3n) is 5.05. The number of likely N-dealkylation sites (N-methyl/N-ethyl adjacent to an activating group) is 1. The number of amides is 3. The average molecular weight is 475 g/mol. The number of nitrogens with zero attached hydrogens (tertiary/aromatic N) is 1. The predicted molar refractivity (Wildman–Crippen MR) is 131 cm³/mol. The van der Waals surface area contributed by atoms with Crippen LogP contribution in [-0.2, 0) is 20.8 Å². The van der Waals surface area contributed by atoms with Crippen LogP contribution in [0, 0.1) is 11.3 Å². The van der Waals surface area contributed by atoms with Crippen LogP contribution in [0.2, 0.25) is 0 Å². The van der Waals surface area contributed by atoms with E-state index >= 15 is 0 Å². The molecule has 9 heteroatoms. The number of aliphatic hydroxyl groups excluding tert-OH is 1. The Hall–Kier alpha value is -3.04. The Morgan fingerprint density at radius 3 is 2.29 bits per heavy atom. The third-order valence-corrected chi connectivity index (χ3v) is 5.05. The van der Waals surface area contributed by atoms with E-state index in [1.165, 1.54) is 0 Å². The number of carbonyl (C=O) groups is 3. The summed E-state index contributed by atoms with van der Waals surface area (Å²) in [5.41, 5.74) is 2.67. The van der Waals surface area contributed by atoms with Gasteiger partial charge in [-0.3, -0.25) is 24.6 Å². The molecule has 1 aromatic heterocycles. The van der Waals surface area contributed by atoms with Crippen molar-refractivity contribution >= 4 is 28.6 Å². The molecule has 3 amide bonds. The van der Waals surface area contributed by atoms with Crippen LogP contribution in [-0.4, -0.2) is 52.2 Å². The number of pyridine rings is 1. The molecule has 0 spiro atoms. The van der Waals surface area contributed by atoms with Crippen LogP contribution in [0.5, 0.6) is 0 Å². The summed E-state index contributed by atoms with van der Waals surface area (Å²) < 4.78 is 0. The van der Waals surface area contributed by atoms with E-state index in [1.54, 1.807) is 18.6 Å². The molecule has 0 aliphatic rings. The van der Waals surface area contributed by atoms with Gasteiger partial charge in [0, 0.05) is 31.2 Å². The first kappa shape index (κ1) is 29.0. The van der Waals surface area contributed by atoms with Gasteiger partial charge in [0.1, 0.15) is 6.04 Å². The van der Waals surface area contributed by atoms with Crippen molar-refractivity contribution in [2.24, 2.45) is 11.3 Å². The van der Waals surface area contributed by atoms with Crippen LogP contribution >= 0.6 is 0 Å². The van der Waals surface area contributed by atoms with Gasteiger partial charge in [0.15, 0.2) is 0 Å². The van der Waals surface area contributed by atoms with Gasteiger partial charge in [0.2, 0.25) is 17.7 Å². The Bertz CT molecular complexity index is 940. The van der Waals surface area contributed by atoms with Crippen molar-refractivity contribution in [2.45, 2.75) is 59.9 Å². The highest BCUT2D eigenvalue weighted by molar-refractivity contribution is 5.91. The van der Waals surface area contributed by atoms with Crippen LogP contribution in [0.25, 0.3) is 10.9 Å². The minimum atomic E-state index is -0.778. The van der Waals surface area contributed by atoms with Crippen molar-refractivity contribution < 1.29 is 24.7 Å². The quantitative estimate of drug-likeness (QED) is 0.279. The van der Waals surface area contributed by atoms with Crippen LogP contribution in [0.4, 0.5) is 0 Å². The minimum Gasteiger partial charge on any atom is -0.396 e. The number of rotatable bonds is 9. The topological polar surface area (TPSA) is 141 Å². The van der Waals surface area contributed by atoms with Gasteiger partial charge >= 0.3 is 0 Å². The summed E-state index contributed by atoms with van der Waals surface area (Å²) in [6.45, 7) is 10.1. The maximum atomic E-state index is 13.1. The smallest absolute Gasteiger partial charge is 0.244 e. The lowest BCUT2D eigenvalue weighted by Gasteiger charge is -2.31. The molecular formula is C25H38N4O5. The molecule has 2 unspecified atom stereocenters. The highest BCUT2D eigenvalue weighted by atomic mass is 16.5. The van der Waals surface area contributed by atoms with Gasteiger partial charge in [-0.1, -0.05) is 45.9 Å². The van der Waals surface area contributed by atoms with E-state index in [1.807, 2.05) is 58.0 Å². The molecule has 0 aliphatic heterocycles. The summed E-state index contributed by atoms with van der Waals surface area (Å²) in [4.78, 5) is 41.7. The first-order valence-corrected chi connectivity index (χ1v) is 11.5. The van der Waals surface area contributed by atoms with Gasteiger partial charge < -0.3 is 15.7 Å². The SMILES string of the molecule is CCCO.CCNC(=O)C(NC(=O)C(CC(=O)NO)Cc1cnc2ccccc2c1)C(C)(C)C. The van der Waals surface area contributed by atoms with E-state index in [0.29, 0.717) is 13.2 Å². The number of nitrogens with one attached hydrogen (secondary N) is 3. The van der Waals surface area contributed by atoms with Crippen LogP contribution in [0.3, 0.4) is 0 Å². The zero-order valence-electron chi connectivity index (χ0n) is 20.7. The van der Waals surface area contributed by atoms with Gasteiger partial charge in [-0.25, -0.2) is 5.48 Å². The fraction of sp³-hybridized carbons (Fsp3) is 0.520. The lowest BCUT2D eigenvalue weighted by Crippen LogP contribution is -2.55. The number of fused-ring (bicyclic) bond motifs is 1. The molecule has 1 heterocycles. The van der Waals surface area contributed by atoms with Crippen molar-refractivity contribution in [3.05, 3.63) is 42.1 Å². The van der Waals surface area contributed by atoms with Gasteiger partial charge in [0.05, 0.1) is 11.4 Å². The molecule has 0 saturated heterocycles. The Morgan fingerprint density at radius 1 is 1.09 bits per heavy atom. The average Bonchev–Trinajstić information content (AvgIpc) is 2.81. The van der Waals surface area contributed by atoms with Crippen molar-refractivity contribution in [1.29, 1.82) is 0 Å². The summed E-state index contributed by atoms with van der Waals surface area (Å²) in [7, 11) is 0. The van der Waals surface area contributed by atoms with Crippen LogP contribution in [0.1, 0.15) is 53.0 Å². The lowest BCUT2D eigenvalue weighted by molar-refractivity contribution is -0.137. The van der Waals surface area contributed by atoms with Gasteiger partial charge in [-0.2, -0.15) is 0 Å². The number of aromatic nitrogens is 1. The second-order valence-electron chi connectivity index (χ2n) is 9.10. The molecule has 188 valence electrons. The molecule has 1 aromatic carbocycles. The zero-order valence-corrected chi connectivity index (χ0v) is 20.7. The molecule has 0 radical (unpaired) electrons. The molecule has 0 aliphatic carbocycles. The van der Waals surface area contributed by atoms with Crippen molar-refractivity contribution in [2.75, 3.05) is 13.2 Å². The number of hydrogen-bond acceptors (Lipinski definition) is 6. The number of benzene rings is 1. The molecule has 0 fully saturated rings. The number of hydrogen-bond donors (Lipinski definition) is 5. The molecule has 0 saturated carbocycles. The molecule has 34 heavy (non-hydrogen) atoms. The maximum Gasteiger partial charge on any atom is 0.244 e. The lowest BCUT2D eigenvalue weighted by atomic mass is 9.85. The maximum absolute atomic E-state index is 13.1. The number of carbonyl (C=O) groups excluding carboxylic acids is 3. The van der Waals surface area contributed by atoms with E-state index in [4.69, 9.17) is 10.3 Å². The van der Waals surface area contributed by atoms with E-state index in [-0.39, 0.29) is 18.7 Å². The molecule has 2 atom stereocenters. The van der Waals surface area contributed by atoms with Crippen LogP contribution < -0.4 is 16.1 Å². The van der Waals surface area contributed by atoms with Crippen molar-refractivity contribution in [3.63, 3.8) is 0 Å².